The fraction of sp³-hybridized carbons (Fsp3) is 0.409. The maximum atomic E-state index is 15.1. The summed E-state index contributed by atoms with van der Waals surface area (Å²) in [6, 6.07) is 7.91. The Morgan fingerprint density at radius 2 is 2.07 bits per heavy atom. The average Bonchev–Trinajstić information content (AvgIpc) is 3.01. The van der Waals surface area contributed by atoms with E-state index in [1.54, 1.807) is 18.2 Å². The van der Waals surface area contributed by atoms with Crippen molar-refractivity contribution < 1.29 is 13.9 Å². The van der Waals surface area contributed by atoms with Crippen LogP contribution in [0.1, 0.15) is 19.3 Å². The molecule has 2 fully saturated rings. The van der Waals surface area contributed by atoms with E-state index >= 15 is 4.39 Å². The van der Waals surface area contributed by atoms with Crippen LogP contribution in [0.15, 0.2) is 45.8 Å². The second-order valence-electron chi connectivity index (χ2n) is 8.25. The van der Waals surface area contributed by atoms with Gasteiger partial charge in [0.05, 0.1) is 23.4 Å². The molecule has 0 aliphatic carbocycles. The van der Waals surface area contributed by atoms with E-state index in [9.17, 15) is 9.90 Å². The summed E-state index contributed by atoms with van der Waals surface area (Å²) in [7, 11) is 3.87. The van der Waals surface area contributed by atoms with Crippen molar-refractivity contribution in [2.75, 3.05) is 19.0 Å². The highest BCUT2D eigenvalue weighted by Crippen LogP contribution is 2.39. The first kappa shape index (κ1) is 19.0. The van der Waals surface area contributed by atoms with Gasteiger partial charge in [0, 0.05) is 30.8 Å². The molecule has 2 saturated heterocycles. The Labute approximate surface area is 172 Å². The number of phenolic OH excluding ortho intramolecular Hbond substituents is 1. The molecule has 4 heterocycles. The molecule has 8 heteroatoms. The van der Waals surface area contributed by atoms with Crippen molar-refractivity contribution in [3.8, 4) is 17.0 Å². The number of piperidine rings is 1. The van der Waals surface area contributed by atoms with Crippen LogP contribution in [0, 0.1) is 0 Å². The van der Waals surface area contributed by atoms with Gasteiger partial charge in [-0.1, -0.05) is 0 Å². The van der Waals surface area contributed by atoms with Gasteiger partial charge in [0.1, 0.15) is 17.5 Å². The summed E-state index contributed by atoms with van der Waals surface area (Å²) in [5, 5.41) is 19.2. The molecule has 30 heavy (non-hydrogen) atoms. The summed E-state index contributed by atoms with van der Waals surface area (Å²) in [6.07, 6.45) is 3.08. The lowest BCUT2D eigenvalue weighted by Gasteiger charge is -2.43. The quantitative estimate of drug-likeness (QED) is 0.711. The molecule has 5 rings (SSSR count). The van der Waals surface area contributed by atoms with Gasteiger partial charge in [0.25, 0.3) is 0 Å². The third-order valence-corrected chi connectivity index (χ3v) is 6.71. The number of aromatic nitrogens is 2. The maximum absolute atomic E-state index is 15.1. The molecule has 0 amide bonds. The van der Waals surface area contributed by atoms with E-state index < -0.39 is 6.17 Å². The van der Waals surface area contributed by atoms with Crippen LogP contribution >= 0.6 is 0 Å². The fourth-order valence-electron chi connectivity index (χ4n) is 4.90. The summed E-state index contributed by atoms with van der Waals surface area (Å²) in [4.78, 5) is 16.0. The smallest absolute Gasteiger partial charge is 0.192 e. The van der Waals surface area contributed by atoms with Crippen LogP contribution in [0.5, 0.6) is 5.75 Å². The summed E-state index contributed by atoms with van der Waals surface area (Å²) >= 11 is 0. The van der Waals surface area contributed by atoms with Gasteiger partial charge < -0.3 is 14.4 Å². The molecule has 156 valence electrons. The molecule has 4 atom stereocenters. The van der Waals surface area contributed by atoms with Crippen LogP contribution in [0.3, 0.4) is 0 Å². The monoisotopic (exact) mass is 410 g/mol. The minimum atomic E-state index is -0.937. The highest BCUT2D eigenvalue weighted by Gasteiger charge is 2.47. The van der Waals surface area contributed by atoms with Crippen molar-refractivity contribution in [3.05, 3.63) is 46.8 Å². The van der Waals surface area contributed by atoms with Gasteiger partial charge in [-0.15, -0.1) is 10.2 Å². The van der Waals surface area contributed by atoms with Gasteiger partial charge >= 0.3 is 0 Å². The predicted octanol–water partition coefficient (Wildman–Crippen LogP) is 2.97. The van der Waals surface area contributed by atoms with E-state index in [1.165, 1.54) is 18.4 Å². The number of anilines is 1. The topological polar surface area (TPSA) is 82.7 Å². The predicted molar refractivity (Wildman–Crippen MR) is 111 cm³/mol. The zero-order valence-corrected chi connectivity index (χ0v) is 16.8. The van der Waals surface area contributed by atoms with Gasteiger partial charge in [-0.25, -0.2) is 4.39 Å². The van der Waals surface area contributed by atoms with Gasteiger partial charge in [-0.3, -0.25) is 9.69 Å². The van der Waals surface area contributed by atoms with Crippen molar-refractivity contribution in [1.29, 1.82) is 0 Å². The van der Waals surface area contributed by atoms with Crippen LogP contribution in [0.4, 0.5) is 10.2 Å². The van der Waals surface area contributed by atoms with E-state index in [4.69, 9.17) is 4.42 Å². The van der Waals surface area contributed by atoms with Crippen LogP contribution in [-0.2, 0) is 0 Å². The number of rotatable bonds is 3. The molecule has 1 aromatic carbocycles. The van der Waals surface area contributed by atoms with E-state index in [2.05, 4.69) is 15.1 Å². The molecular weight excluding hydrogens is 387 g/mol. The normalized spacial score (nSPS) is 26.2. The Morgan fingerprint density at radius 3 is 2.83 bits per heavy atom. The van der Waals surface area contributed by atoms with Crippen LogP contribution in [-0.4, -0.2) is 58.6 Å². The number of alkyl halides is 1. The number of hydrogen-bond acceptors (Lipinski definition) is 7. The molecule has 0 radical (unpaired) electrons. The molecule has 0 saturated carbocycles. The van der Waals surface area contributed by atoms with E-state index in [0.717, 1.165) is 19.3 Å². The number of nitrogens with zero attached hydrogens (tertiary/aromatic N) is 4. The van der Waals surface area contributed by atoms with Crippen molar-refractivity contribution >= 4 is 16.8 Å². The minimum absolute atomic E-state index is 0.0346. The summed E-state index contributed by atoms with van der Waals surface area (Å²) in [5.41, 5.74) is 0.993. The molecular formula is C22H23FN4O3. The zero-order valence-electron chi connectivity index (χ0n) is 16.8. The fourth-order valence-corrected chi connectivity index (χ4v) is 4.90. The first-order chi connectivity index (χ1) is 14.4. The standard InChI is InChI=1S/C22H23FN4O3/c1-26-12-3-5-16(26)22(23)17(9-12)27(2)21-6-4-15(24-25-21)13-11-20-14(10-19(13)29)18(28)7-8-30-20/h4,6-8,10-12,16-17,22,29H,3,5,9H2,1-2H3/t12-,16+,17-,22+/m0/s1. The molecule has 3 aromatic rings. The third kappa shape index (κ3) is 2.94. The average molecular weight is 410 g/mol. The van der Waals surface area contributed by atoms with Gasteiger partial charge in [-0.05, 0) is 50.6 Å². The third-order valence-electron chi connectivity index (χ3n) is 6.71. The van der Waals surface area contributed by atoms with Crippen LogP contribution in [0.2, 0.25) is 0 Å². The van der Waals surface area contributed by atoms with E-state index in [-0.39, 0.29) is 23.3 Å². The zero-order chi connectivity index (χ0) is 21.0. The first-order valence-electron chi connectivity index (χ1n) is 10.1. The van der Waals surface area contributed by atoms with Crippen LogP contribution < -0.4 is 10.3 Å². The van der Waals surface area contributed by atoms with Gasteiger partial charge in [0.2, 0.25) is 0 Å². The minimum Gasteiger partial charge on any atom is -0.507 e. The van der Waals surface area contributed by atoms with Gasteiger partial charge in [0.15, 0.2) is 11.2 Å². The summed E-state index contributed by atoms with van der Waals surface area (Å²) in [5.74, 6) is 0.509. The molecule has 2 aliphatic rings. The van der Waals surface area contributed by atoms with E-state index in [0.29, 0.717) is 34.1 Å². The Kier molecular flexibility index (Phi) is 4.47. The van der Waals surface area contributed by atoms with Crippen LogP contribution in [0.25, 0.3) is 22.2 Å². The Morgan fingerprint density at radius 1 is 1.23 bits per heavy atom. The highest BCUT2D eigenvalue weighted by atomic mass is 19.1. The number of fused-ring (bicyclic) bond motifs is 3. The number of aromatic hydroxyl groups is 1. The molecule has 2 aliphatic heterocycles. The number of phenols is 1. The Bertz CT molecular complexity index is 1150. The largest absolute Gasteiger partial charge is 0.507 e. The number of benzene rings is 1. The molecule has 1 N–H and O–H groups in total. The summed E-state index contributed by atoms with van der Waals surface area (Å²) < 4.78 is 20.5. The molecule has 2 bridgehead atoms. The molecule has 0 spiro atoms. The van der Waals surface area contributed by atoms with Crippen molar-refractivity contribution in [3.63, 3.8) is 0 Å². The number of hydrogen-bond donors (Lipinski definition) is 1. The lowest BCUT2D eigenvalue weighted by atomic mass is 9.95. The number of halogens is 1. The van der Waals surface area contributed by atoms with E-state index in [1.807, 2.05) is 19.0 Å². The van der Waals surface area contributed by atoms with Gasteiger partial charge in [-0.2, -0.15) is 0 Å². The molecule has 0 unspecified atom stereocenters. The van der Waals surface area contributed by atoms with Crippen molar-refractivity contribution in [2.24, 2.45) is 0 Å². The lowest BCUT2D eigenvalue weighted by molar-refractivity contribution is 0.0701. The molecule has 7 nitrogen and oxygen atoms in total. The Balaban J connectivity index is 1.43. The SMILES string of the molecule is CN(c1ccc(-c2cc3occc(=O)c3cc2O)nn1)[C@H]1C[C@@H]2CC[C@H]([C@H]1F)N2C. The lowest BCUT2D eigenvalue weighted by Crippen LogP contribution is -2.56. The maximum Gasteiger partial charge on any atom is 0.192 e. The highest BCUT2D eigenvalue weighted by molar-refractivity contribution is 5.85. The first-order valence-corrected chi connectivity index (χ1v) is 10.1. The van der Waals surface area contributed by atoms with Crippen molar-refractivity contribution in [2.45, 2.75) is 43.6 Å². The summed E-state index contributed by atoms with van der Waals surface area (Å²) in [6.45, 7) is 0. The second-order valence-corrected chi connectivity index (χ2v) is 8.25. The van der Waals surface area contributed by atoms with Crippen molar-refractivity contribution in [1.82, 2.24) is 15.1 Å². The second kappa shape index (κ2) is 7.05. The Hall–Kier alpha value is -3.00. The molecule has 2 aromatic heterocycles.